The lowest BCUT2D eigenvalue weighted by Crippen LogP contribution is -1.95. The van der Waals surface area contributed by atoms with Crippen molar-refractivity contribution in [2.75, 3.05) is 0 Å². The molecule has 2 aromatic rings. The molecule has 0 amide bonds. The smallest absolute Gasteiger partial charge is 0.179 e. The Morgan fingerprint density at radius 3 is 3.07 bits per heavy atom. The van der Waals surface area contributed by atoms with Gasteiger partial charge in [-0.2, -0.15) is 0 Å². The third-order valence-corrected chi connectivity index (χ3v) is 2.21. The minimum Gasteiger partial charge on any atom is -0.490 e. The summed E-state index contributed by atoms with van der Waals surface area (Å²) in [4.78, 5) is 0. The van der Waals surface area contributed by atoms with Gasteiger partial charge in [0, 0.05) is 5.56 Å². The molecule has 1 fully saturated rings. The van der Waals surface area contributed by atoms with E-state index < -0.39 is 0 Å². The molecule has 75 valence electrons. The number of nitrogens with zero attached hydrogens (tertiary/aromatic N) is 3. The van der Waals surface area contributed by atoms with Gasteiger partial charge in [0.15, 0.2) is 5.82 Å². The number of hydrogen-bond donors (Lipinski definition) is 1. The number of aromatic nitrogens is 4. The molecule has 1 heterocycles. The molecule has 1 radical (unpaired) electrons. The van der Waals surface area contributed by atoms with E-state index in [0.29, 0.717) is 11.9 Å². The molecular weight excluding hydrogens is 192 g/mol. The fourth-order valence-corrected chi connectivity index (χ4v) is 1.31. The first kappa shape index (κ1) is 8.40. The number of nitrogens with one attached hydrogen (secondary N) is 1. The fraction of sp³-hybridized carbons (Fsp3) is 0.300. The predicted molar refractivity (Wildman–Crippen MR) is 52.1 cm³/mol. The molecule has 1 aromatic carbocycles. The first-order valence-corrected chi connectivity index (χ1v) is 4.84. The summed E-state index contributed by atoms with van der Waals surface area (Å²) in [5, 5.41) is 13.6. The van der Waals surface area contributed by atoms with Crippen LogP contribution in [0.1, 0.15) is 12.8 Å². The number of tetrazole rings is 1. The molecule has 1 N–H and O–H groups in total. The summed E-state index contributed by atoms with van der Waals surface area (Å²) in [5.41, 5.74) is 0.887. The summed E-state index contributed by atoms with van der Waals surface area (Å²) in [7, 11) is 0. The second kappa shape index (κ2) is 3.34. The molecule has 1 aliphatic carbocycles. The van der Waals surface area contributed by atoms with Crippen LogP contribution < -0.4 is 4.74 Å². The van der Waals surface area contributed by atoms with Crippen LogP contribution in [0.3, 0.4) is 0 Å². The van der Waals surface area contributed by atoms with E-state index in [-0.39, 0.29) is 0 Å². The quantitative estimate of drug-likeness (QED) is 0.810. The molecule has 15 heavy (non-hydrogen) atoms. The Balaban J connectivity index is 1.88. The van der Waals surface area contributed by atoms with Gasteiger partial charge in [-0.1, -0.05) is 0 Å². The predicted octanol–water partition coefficient (Wildman–Crippen LogP) is 1.21. The van der Waals surface area contributed by atoms with Gasteiger partial charge in [-0.05, 0) is 47.5 Å². The van der Waals surface area contributed by atoms with Crippen LogP contribution in [0, 0.1) is 6.07 Å². The molecule has 0 aliphatic heterocycles. The number of ether oxygens (including phenoxy) is 1. The maximum absolute atomic E-state index is 5.65. The van der Waals surface area contributed by atoms with Gasteiger partial charge in [-0.15, -0.1) is 5.10 Å². The van der Waals surface area contributed by atoms with Gasteiger partial charge >= 0.3 is 0 Å². The zero-order valence-electron chi connectivity index (χ0n) is 7.97. The highest BCUT2D eigenvalue weighted by molar-refractivity contribution is 5.56. The van der Waals surface area contributed by atoms with Gasteiger partial charge in [-0.3, -0.25) is 0 Å². The zero-order valence-corrected chi connectivity index (χ0v) is 7.97. The van der Waals surface area contributed by atoms with Crippen LogP contribution in [0.15, 0.2) is 18.2 Å². The highest BCUT2D eigenvalue weighted by Gasteiger charge is 2.23. The molecule has 3 rings (SSSR count). The van der Waals surface area contributed by atoms with E-state index in [4.69, 9.17) is 4.74 Å². The summed E-state index contributed by atoms with van der Waals surface area (Å²) in [5.74, 6) is 1.46. The summed E-state index contributed by atoms with van der Waals surface area (Å²) < 4.78 is 5.65. The number of benzene rings is 1. The average Bonchev–Trinajstić information content (AvgIpc) is 2.91. The van der Waals surface area contributed by atoms with Gasteiger partial charge in [0.2, 0.25) is 0 Å². The van der Waals surface area contributed by atoms with Crippen molar-refractivity contribution in [3.05, 3.63) is 24.3 Å². The van der Waals surface area contributed by atoms with Gasteiger partial charge < -0.3 is 4.74 Å². The van der Waals surface area contributed by atoms with E-state index in [1.165, 1.54) is 0 Å². The Hall–Kier alpha value is -1.91. The van der Waals surface area contributed by atoms with Crippen LogP contribution in [-0.4, -0.2) is 26.7 Å². The molecule has 1 aliphatic rings. The van der Waals surface area contributed by atoms with E-state index in [2.05, 4.69) is 26.7 Å². The summed E-state index contributed by atoms with van der Waals surface area (Å²) >= 11 is 0. The van der Waals surface area contributed by atoms with Crippen molar-refractivity contribution in [1.29, 1.82) is 0 Å². The van der Waals surface area contributed by atoms with Crippen molar-refractivity contribution < 1.29 is 4.74 Å². The Morgan fingerprint density at radius 2 is 2.33 bits per heavy atom. The van der Waals surface area contributed by atoms with Crippen molar-refractivity contribution >= 4 is 0 Å². The maximum Gasteiger partial charge on any atom is 0.179 e. The number of H-pyrrole nitrogens is 1. The normalized spacial score (nSPS) is 15.2. The Kier molecular flexibility index (Phi) is 1.87. The highest BCUT2D eigenvalue weighted by Crippen LogP contribution is 2.28. The minimum atomic E-state index is 0.390. The molecule has 1 aromatic heterocycles. The molecule has 0 spiro atoms. The molecule has 5 heteroatoms. The molecule has 5 nitrogen and oxygen atoms in total. The Bertz CT molecular complexity index is 450. The number of hydrogen-bond acceptors (Lipinski definition) is 4. The molecule has 0 bridgehead atoms. The van der Waals surface area contributed by atoms with Gasteiger partial charge in [0.05, 0.1) is 6.10 Å². The van der Waals surface area contributed by atoms with E-state index in [1.807, 2.05) is 18.2 Å². The number of rotatable bonds is 3. The Labute approximate surface area is 86.5 Å². The Morgan fingerprint density at radius 1 is 1.40 bits per heavy atom. The second-order valence-electron chi connectivity index (χ2n) is 3.52. The van der Waals surface area contributed by atoms with Gasteiger partial charge in [0.25, 0.3) is 0 Å². The molecule has 1 saturated carbocycles. The van der Waals surface area contributed by atoms with Crippen LogP contribution >= 0.6 is 0 Å². The zero-order chi connectivity index (χ0) is 10.1. The largest absolute Gasteiger partial charge is 0.490 e. The SMILES string of the molecule is [c]1cc(OC2CC2)cc(-c2nnn[nH]2)c1. The first-order chi connectivity index (χ1) is 7.42. The molecular formula is C10H9N4O. The lowest BCUT2D eigenvalue weighted by Gasteiger charge is -2.04. The third-order valence-electron chi connectivity index (χ3n) is 2.21. The van der Waals surface area contributed by atoms with Crippen molar-refractivity contribution in [2.24, 2.45) is 0 Å². The third kappa shape index (κ3) is 1.81. The summed E-state index contributed by atoms with van der Waals surface area (Å²) in [6.45, 7) is 0. The van der Waals surface area contributed by atoms with Crippen LogP contribution in [0.4, 0.5) is 0 Å². The van der Waals surface area contributed by atoms with Crippen molar-refractivity contribution in [3.63, 3.8) is 0 Å². The highest BCUT2D eigenvalue weighted by atomic mass is 16.5. The lowest BCUT2D eigenvalue weighted by molar-refractivity contribution is 0.303. The summed E-state index contributed by atoms with van der Waals surface area (Å²) in [6, 6.07) is 8.57. The summed E-state index contributed by atoms with van der Waals surface area (Å²) in [6.07, 6.45) is 2.68. The van der Waals surface area contributed by atoms with E-state index in [0.717, 1.165) is 24.2 Å². The monoisotopic (exact) mass is 201 g/mol. The van der Waals surface area contributed by atoms with Crippen LogP contribution in [-0.2, 0) is 0 Å². The van der Waals surface area contributed by atoms with Gasteiger partial charge in [-0.25, -0.2) is 5.10 Å². The average molecular weight is 201 g/mol. The van der Waals surface area contributed by atoms with Crippen molar-refractivity contribution in [1.82, 2.24) is 20.6 Å². The molecule has 0 unspecified atom stereocenters. The fourth-order valence-electron chi connectivity index (χ4n) is 1.31. The lowest BCUT2D eigenvalue weighted by atomic mass is 10.2. The second-order valence-corrected chi connectivity index (χ2v) is 3.52. The molecule has 0 atom stereocenters. The maximum atomic E-state index is 5.65. The molecule has 0 saturated heterocycles. The van der Waals surface area contributed by atoms with E-state index >= 15 is 0 Å². The minimum absolute atomic E-state index is 0.390. The standard InChI is InChI=1S/C10H9N4O/c1-2-7(10-11-13-14-12-10)6-9(3-1)15-8-4-5-8/h2-3,6,8H,4-5H2,(H,11,12,13,14). The topological polar surface area (TPSA) is 63.7 Å². The van der Waals surface area contributed by atoms with Crippen molar-refractivity contribution in [3.8, 4) is 17.1 Å². The number of aromatic amines is 1. The van der Waals surface area contributed by atoms with Crippen LogP contribution in [0.2, 0.25) is 0 Å². The van der Waals surface area contributed by atoms with Crippen LogP contribution in [0.5, 0.6) is 5.75 Å². The van der Waals surface area contributed by atoms with Gasteiger partial charge in [0.1, 0.15) is 5.75 Å². The van der Waals surface area contributed by atoms with Crippen molar-refractivity contribution in [2.45, 2.75) is 18.9 Å². The van der Waals surface area contributed by atoms with E-state index in [1.54, 1.807) is 0 Å². The first-order valence-electron chi connectivity index (χ1n) is 4.84. The van der Waals surface area contributed by atoms with Crippen LogP contribution in [0.25, 0.3) is 11.4 Å². The van der Waals surface area contributed by atoms with E-state index in [9.17, 15) is 0 Å².